The van der Waals surface area contributed by atoms with Crippen molar-refractivity contribution in [2.45, 2.75) is 44.6 Å². The SMILES string of the molecule is CCOC(=O)C[C@@H]1CCO[C@]12CCC(=O)C2. The van der Waals surface area contributed by atoms with Gasteiger partial charge in [-0.3, -0.25) is 9.59 Å². The van der Waals surface area contributed by atoms with Crippen molar-refractivity contribution in [1.29, 1.82) is 0 Å². The molecule has 0 amide bonds. The van der Waals surface area contributed by atoms with Crippen LogP contribution in [0.5, 0.6) is 0 Å². The molecule has 0 bridgehead atoms. The molecule has 0 aromatic heterocycles. The van der Waals surface area contributed by atoms with Gasteiger partial charge in [-0.25, -0.2) is 0 Å². The zero-order valence-electron chi connectivity index (χ0n) is 9.66. The summed E-state index contributed by atoms with van der Waals surface area (Å²) in [5, 5.41) is 0. The maximum absolute atomic E-state index is 11.5. The molecule has 1 spiro atoms. The molecule has 4 nitrogen and oxygen atoms in total. The van der Waals surface area contributed by atoms with Gasteiger partial charge >= 0.3 is 5.97 Å². The summed E-state index contributed by atoms with van der Waals surface area (Å²) in [7, 11) is 0. The maximum atomic E-state index is 11.5. The molecule has 1 aliphatic carbocycles. The Morgan fingerprint density at radius 2 is 2.44 bits per heavy atom. The molecule has 2 rings (SSSR count). The van der Waals surface area contributed by atoms with Crippen LogP contribution in [0.2, 0.25) is 0 Å². The van der Waals surface area contributed by atoms with Crippen molar-refractivity contribution in [3.63, 3.8) is 0 Å². The number of ether oxygens (including phenoxy) is 2. The van der Waals surface area contributed by atoms with E-state index in [1.165, 1.54) is 0 Å². The number of carbonyl (C=O) groups is 2. The second-order valence-corrected chi connectivity index (χ2v) is 4.62. The monoisotopic (exact) mass is 226 g/mol. The quantitative estimate of drug-likeness (QED) is 0.684. The largest absolute Gasteiger partial charge is 0.466 e. The smallest absolute Gasteiger partial charge is 0.306 e. The Morgan fingerprint density at radius 1 is 1.62 bits per heavy atom. The van der Waals surface area contributed by atoms with Crippen molar-refractivity contribution >= 4 is 11.8 Å². The zero-order chi connectivity index (χ0) is 11.6. The van der Waals surface area contributed by atoms with Crippen LogP contribution in [0.15, 0.2) is 0 Å². The summed E-state index contributed by atoms with van der Waals surface area (Å²) in [4.78, 5) is 22.8. The fourth-order valence-corrected chi connectivity index (χ4v) is 2.83. The van der Waals surface area contributed by atoms with Crippen molar-refractivity contribution < 1.29 is 19.1 Å². The van der Waals surface area contributed by atoms with Crippen molar-refractivity contribution in [3.05, 3.63) is 0 Å². The second-order valence-electron chi connectivity index (χ2n) is 4.62. The maximum Gasteiger partial charge on any atom is 0.306 e. The molecular formula is C12H18O4. The Bertz CT molecular complexity index is 299. The third kappa shape index (κ3) is 2.12. The van der Waals surface area contributed by atoms with Crippen LogP contribution in [0.1, 0.15) is 39.0 Å². The topological polar surface area (TPSA) is 52.6 Å². The van der Waals surface area contributed by atoms with Crippen LogP contribution in [0.4, 0.5) is 0 Å². The molecule has 0 N–H and O–H groups in total. The van der Waals surface area contributed by atoms with Gasteiger partial charge in [0.2, 0.25) is 0 Å². The van der Waals surface area contributed by atoms with E-state index in [1.54, 1.807) is 6.92 Å². The van der Waals surface area contributed by atoms with Crippen molar-refractivity contribution in [1.82, 2.24) is 0 Å². The van der Waals surface area contributed by atoms with Gasteiger partial charge in [-0.1, -0.05) is 0 Å². The Balaban J connectivity index is 1.98. The Hall–Kier alpha value is -0.900. The van der Waals surface area contributed by atoms with E-state index in [9.17, 15) is 9.59 Å². The van der Waals surface area contributed by atoms with Gasteiger partial charge < -0.3 is 9.47 Å². The number of hydrogen-bond donors (Lipinski definition) is 0. The molecule has 0 radical (unpaired) electrons. The number of carbonyl (C=O) groups excluding carboxylic acids is 2. The summed E-state index contributed by atoms with van der Waals surface area (Å²) in [6, 6.07) is 0. The molecular weight excluding hydrogens is 208 g/mol. The molecule has 0 aromatic carbocycles. The fraction of sp³-hybridized carbons (Fsp3) is 0.833. The average Bonchev–Trinajstić information content (AvgIpc) is 2.77. The lowest BCUT2D eigenvalue weighted by molar-refractivity contribution is -0.146. The minimum absolute atomic E-state index is 0.165. The van der Waals surface area contributed by atoms with Gasteiger partial charge in [0.15, 0.2) is 0 Å². The highest BCUT2D eigenvalue weighted by Crippen LogP contribution is 2.45. The van der Waals surface area contributed by atoms with E-state index < -0.39 is 0 Å². The minimum atomic E-state index is -0.343. The minimum Gasteiger partial charge on any atom is -0.466 e. The molecule has 4 heteroatoms. The number of rotatable bonds is 3. The summed E-state index contributed by atoms with van der Waals surface area (Å²) in [5.74, 6) is 0.255. The third-order valence-electron chi connectivity index (χ3n) is 3.64. The van der Waals surface area contributed by atoms with E-state index in [4.69, 9.17) is 9.47 Å². The molecule has 1 aliphatic heterocycles. The Kier molecular flexibility index (Phi) is 3.28. The van der Waals surface area contributed by atoms with Crippen molar-refractivity contribution in [2.24, 2.45) is 5.92 Å². The normalized spacial score (nSPS) is 33.6. The molecule has 0 aromatic rings. The van der Waals surface area contributed by atoms with Crippen LogP contribution in [0.25, 0.3) is 0 Å². The van der Waals surface area contributed by atoms with Gasteiger partial charge in [0.1, 0.15) is 5.78 Å². The second kappa shape index (κ2) is 4.53. The predicted octanol–water partition coefficient (Wildman–Crippen LogP) is 1.47. The molecule has 2 fully saturated rings. The van der Waals surface area contributed by atoms with Crippen molar-refractivity contribution in [2.75, 3.05) is 13.2 Å². The van der Waals surface area contributed by atoms with Gasteiger partial charge in [-0.05, 0) is 19.8 Å². The highest BCUT2D eigenvalue weighted by molar-refractivity contribution is 5.82. The van der Waals surface area contributed by atoms with Crippen LogP contribution in [-0.2, 0) is 19.1 Å². The van der Waals surface area contributed by atoms with Crippen LogP contribution >= 0.6 is 0 Å². The van der Waals surface area contributed by atoms with E-state index in [0.717, 1.165) is 12.8 Å². The summed E-state index contributed by atoms with van der Waals surface area (Å²) < 4.78 is 10.7. The summed E-state index contributed by atoms with van der Waals surface area (Å²) >= 11 is 0. The molecule has 1 saturated heterocycles. The van der Waals surface area contributed by atoms with E-state index in [0.29, 0.717) is 32.5 Å². The molecule has 2 atom stereocenters. The molecule has 2 aliphatic rings. The predicted molar refractivity (Wildman–Crippen MR) is 56.9 cm³/mol. The first-order chi connectivity index (χ1) is 7.66. The Morgan fingerprint density at radius 3 is 3.06 bits per heavy atom. The van der Waals surface area contributed by atoms with Crippen LogP contribution in [0.3, 0.4) is 0 Å². The van der Waals surface area contributed by atoms with Crippen LogP contribution in [0, 0.1) is 5.92 Å². The van der Waals surface area contributed by atoms with Gasteiger partial charge in [0.25, 0.3) is 0 Å². The fourth-order valence-electron chi connectivity index (χ4n) is 2.83. The lowest BCUT2D eigenvalue weighted by Gasteiger charge is -2.28. The number of hydrogen-bond acceptors (Lipinski definition) is 4. The summed E-state index contributed by atoms with van der Waals surface area (Å²) in [6.07, 6.45) is 3.11. The van der Waals surface area contributed by atoms with Crippen molar-refractivity contribution in [3.8, 4) is 0 Å². The Labute approximate surface area is 95.3 Å². The van der Waals surface area contributed by atoms with E-state index in [2.05, 4.69) is 0 Å². The first-order valence-corrected chi connectivity index (χ1v) is 5.97. The number of esters is 1. The summed E-state index contributed by atoms with van der Waals surface area (Å²) in [5.41, 5.74) is -0.343. The molecule has 16 heavy (non-hydrogen) atoms. The van der Waals surface area contributed by atoms with Gasteiger partial charge in [0.05, 0.1) is 18.6 Å². The van der Waals surface area contributed by atoms with Gasteiger partial charge in [-0.2, -0.15) is 0 Å². The van der Waals surface area contributed by atoms with E-state index in [-0.39, 0.29) is 23.3 Å². The highest BCUT2D eigenvalue weighted by atomic mass is 16.5. The number of ketones is 1. The first kappa shape index (κ1) is 11.6. The molecule has 1 heterocycles. The lowest BCUT2D eigenvalue weighted by Crippen LogP contribution is -2.34. The van der Waals surface area contributed by atoms with Gasteiger partial charge in [-0.15, -0.1) is 0 Å². The molecule has 1 saturated carbocycles. The zero-order valence-corrected chi connectivity index (χ0v) is 9.66. The average molecular weight is 226 g/mol. The lowest BCUT2D eigenvalue weighted by atomic mass is 9.83. The van der Waals surface area contributed by atoms with Crippen LogP contribution < -0.4 is 0 Å². The highest BCUT2D eigenvalue weighted by Gasteiger charge is 2.49. The first-order valence-electron chi connectivity index (χ1n) is 5.97. The molecule has 0 unspecified atom stereocenters. The molecule has 90 valence electrons. The van der Waals surface area contributed by atoms with Crippen LogP contribution in [-0.4, -0.2) is 30.6 Å². The van der Waals surface area contributed by atoms with E-state index >= 15 is 0 Å². The summed E-state index contributed by atoms with van der Waals surface area (Å²) in [6.45, 7) is 2.88. The van der Waals surface area contributed by atoms with E-state index in [1.807, 2.05) is 0 Å². The standard InChI is InChI=1S/C12H18O4/c1-2-15-11(14)7-9-4-6-16-12(9)5-3-10(13)8-12/h9H,2-8H2,1H3/t9-,12-/m0/s1. The van der Waals surface area contributed by atoms with Gasteiger partial charge in [0, 0.05) is 25.4 Å². The number of Topliss-reactive ketones (excluding diaryl/α,β-unsaturated/α-hetero) is 1. The third-order valence-corrected chi connectivity index (χ3v) is 3.64.